The van der Waals surface area contributed by atoms with Crippen LogP contribution in [0.3, 0.4) is 0 Å². The number of rotatable bonds is 54. The SMILES string of the molecule is CCCC/C=C\C/C=C\CCCCCCCC(=O)OC[C@H](COC(=O)CCCCCCCCCCC/C=C\CCCCCCCC)OC(=O)CCCCCCCCCCCCCCCCCC. The van der Waals surface area contributed by atoms with Gasteiger partial charge >= 0.3 is 17.9 Å². The molecule has 0 aromatic heterocycles. The maximum Gasteiger partial charge on any atom is 0.306 e. The fourth-order valence-corrected chi connectivity index (χ4v) is 8.63. The molecule has 0 bridgehead atoms. The van der Waals surface area contributed by atoms with Crippen LogP contribution in [-0.4, -0.2) is 37.2 Å². The van der Waals surface area contributed by atoms with Gasteiger partial charge in [-0.3, -0.25) is 14.4 Å². The van der Waals surface area contributed by atoms with E-state index in [0.717, 1.165) is 77.0 Å². The van der Waals surface area contributed by atoms with E-state index in [2.05, 4.69) is 57.2 Å². The minimum absolute atomic E-state index is 0.0741. The topological polar surface area (TPSA) is 78.9 Å². The average Bonchev–Trinajstić information content (AvgIpc) is 3.33. The summed E-state index contributed by atoms with van der Waals surface area (Å²) in [4.78, 5) is 38.2. The number of unbranched alkanes of at least 4 members (excludes halogenated alkanes) is 37. The van der Waals surface area contributed by atoms with Gasteiger partial charge in [-0.25, -0.2) is 0 Å². The van der Waals surface area contributed by atoms with Gasteiger partial charge in [0.25, 0.3) is 0 Å². The fourth-order valence-electron chi connectivity index (χ4n) is 8.63. The first-order valence-electron chi connectivity index (χ1n) is 29.5. The summed E-state index contributed by atoms with van der Waals surface area (Å²) in [7, 11) is 0. The largest absolute Gasteiger partial charge is 0.462 e. The van der Waals surface area contributed by atoms with Gasteiger partial charge in [-0.2, -0.15) is 0 Å². The third-order valence-corrected chi connectivity index (χ3v) is 13.1. The van der Waals surface area contributed by atoms with Crippen LogP contribution in [-0.2, 0) is 28.6 Å². The lowest BCUT2D eigenvalue weighted by Gasteiger charge is -2.18. The maximum atomic E-state index is 12.9. The molecule has 0 rings (SSSR count). The summed E-state index contributed by atoms with van der Waals surface area (Å²) in [5.74, 6) is -0.872. The number of ether oxygens (including phenoxy) is 3. The van der Waals surface area contributed by atoms with Gasteiger partial charge in [0.2, 0.25) is 0 Å². The molecule has 0 aromatic carbocycles. The van der Waals surface area contributed by atoms with Crippen LogP contribution < -0.4 is 0 Å². The number of hydrogen-bond acceptors (Lipinski definition) is 6. The second kappa shape index (κ2) is 56.2. The molecule has 0 aliphatic carbocycles. The molecule has 1 atom stereocenters. The highest BCUT2D eigenvalue weighted by Gasteiger charge is 2.19. The van der Waals surface area contributed by atoms with Crippen molar-refractivity contribution in [2.75, 3.05) is 13.2 Å². The molecule has 0 aliphatic rings. The summed E-state index contributed by atoms with van der Waals surface area (Å²) in [6, 6.07) is 0. The van der Waals surface area contributed by atoms with E-state index in [0.29, 0.717) is 19.3 Å². The molecule has 0 unspecified atom stereocenters. The van der Waals surface area contributed by atoms with Crippen LogP contribution in [0.5, 0.6) is 0 Å². The van der Waals surface area contributed by atoms with E-state index in [1.54, 1.807) is 0 Å². The summed E-state index contributed by atoms with van der Waals surface area (Å²) in [6.45, 7) is 6.63. The molecule has 6 nitrogen and oxygen atoms in total. The number of carbonyl (C=O) groups is 3. The van der Waals surface area contributed by atoms with E-state index < -0.39 is 6.10 Å². The van der Waals surface area contributed by atoms with E-state index >= 15 is 0 Å². The van der Waals surface area contributed by atoms with Gasteiger partial charge in [-0.1, -0.05) is 263 Å². The van der Waals surface area contributed by atoms with Crippen LogP contribution >= 0.6 is 0 Å². The monoisotopic (exact) mass is 941 g/mol. The molecule has 0 spiro atoms. The Bertz CT molecular complexity index is 1130. The smallest absolute Gasteiger partial charge is 0.306 e. The van der Waals surface area contributed by atoms with Crippen LogP contribution in [0.4, 0.5) is 0 Å². The molecular weight excluding hydrogens is 829 g/mol. The number of carbonyl (C=O) groups excluding carboxylic acids is 3. The molecule has 392 valence electrons. The Morgan fingerprint density at radius 3 is 0.881 bits per heavy atom. The molecule has 0 radical (unpaired) electrons. The predicted molar refractivity (Wildman–Crippen MR) is 289 cm³/mol. The van der Waals surface area contributed by atoms with E-state index in [1.165, 1.54) is 199 Å². The Kier molecular flexibility index (Phi) is 54.2. The highest BCUT2D eigenvalue weighted by molar-refractivity contribution is 5.71. The molecule has 0 heterocycles. The van der Waals surface area contributed by atoms with E-state index in [9.17, 15) is 14.4 Å². The van der Waals surface area contributed by atoms with Crippen molar-refractivity contribution >= 4 is 17.9 Å². The third-order valence-electron chi connectivity index (χ3n) is 13.1. The second-order valence-electron chi connectivity index (χ2n) is 19.9. The molecular formula is C61H112O6. The minimum atomic E-state index is -0.775. The quantitative estimate of drug-likeness (QED) is 0.0262. The zero-order valence-electron chi connectivity index (χ0n) is 44.9. The summed E-state index contributed by atoms with van der Waals surface area (Å²) in [5, 5.41) is 0. The molecule has 0 saturated carbocycles. The molecule has 6 heteroatoms. The third kappa shape index (κ3) is 54.4. The molecule has 0 amide bonds. The van der Waals surface area contributed by atoms with Crippen molar-refractivity contribution in [3.63, 3.8) is 0 Å². The van der Waals surface area contributed by atoms with Gasteiger partial charge in [0.05, 0.1) is 0 Å². The number of hydrogen-bond donors (Lipinski definition) is 0. The van der Waals surface area contributed by atoms with Crippen molar-refractivity contribution in [3.8, 4) is 0 Å². The van der Waals surface area contributed by atoms with E-state index in [-0.39, 0.29) is 31.1 Å². The Morgan fingerprint density at radius 2 is 0.552 bits per heavy atom. The number of allylic oxidation sites excluding steroid dienone is 6. The van der Waals surface area contributed by atoms with Crippen LogP contribution in [0.2, 0.25) is 0 Å². The fraction of sp³-hybridized carbons (Fsp3) is 0.852. The Morgan fingerprint density at radius 1 is 0.299 bits per heavy atom. The Hall–Kier alpha value is -2.37. The van der Waals surface area contributed by atoms with Crippen molar-refractivity contribution in [1.82, 2.24) is 0 Å². The summed E-state index contributed by atoms with van der Waals surface area (Å²) < 4.78 is 16.9. The molecule has 0 saturated heterocycles. The second-order valence-corrected chi connectivity index (χ2v) is 19.9. The van der Waals surface area contributed by atoms with Crippen LogP contribution in [0.15, 0.2) is 36.5 Å². The van der Waals surface area contributed by atoms with Crippen molar-refractivity contribution in [2.24, 2.45) is 0 Å². The van der Waals surface area contributed by atoms with Crippen molar-refractivity contribution < 1.29 is 28.6 Å². The molecule has 0 fully saturated rings. The molecule has 0 N–H and O–H groups in total. The van der Waals surface area contributed by atoms with Gasteiger partial charge < -0.3 is 14.2 Å². The van der Waals surface area contributed by atoms with Gasteiger partial charge in [-0.05, 0) is 70.6 Å². The lowest BCUT2D eigenvalue weighted by Crippen LogP contribution is -2.30. The Balaban J connectivity index is 4.33. The Labute approximate surface area is 416 Å². The van der Waals surface area contributed by atoms with Crippen molar-refractivity contribution in [1.29, 1.82) is 0 Å². The number of esters is 3. The lowest BCUT2D eigenvalue weighted by atomic mass is 10.0. The van der Waals surface area contributed by atoms with Gasteiger partial charge in [0.15, 0.2) is 6.10 Å². The van der Waals surface area contributed by atoms with E-state index in [4.69, 9.17) is 14.2 Å². The first-order chi connectivity index (χ1) is 33.0. The molecule has 0 aliphatic heterocycles. The van der Waals surface area contributed by atoms with Crippen molar-refractivity contribution in [2.45, 2.75) is 322 Å². The highest BCUT2D eigenvalue weighted by atomic mass is 16.6. The lowest BCUT2D eigenvalue weighted by molar-refractivity contribution is -0.167. The first-order valence-corrected chi connectivity index (χ1v) is 29.5. The van der Waals surface area contributed by atoms with Gasteiger partial charge in [0.1, 0.15) is 13.2 Å². The van der Waals surface area contributed by atoms with E-state index in [1.807, 2.05) is 0 Å². The standard InChI is InChI=1S/C61H112O6/c1-4-7-10-13-16-19-22-25-28-30-31-32-34-36-39-42-45-48-51-54-60(63)66-57-58(56-65-59(62)53-50-47-44-41-38-35-27-24-21-18-15-12-9-6-3)67-61(64)55-52-49-46-43-40-37-33-29-26-23-20-17-14-11-8-5-2/h15,18,24-25,27-28,58H,4-14,16-17,19-23,26,29-57H2,1-3H3/b18-15-,27-24-,28-25-/t58-/m1/s1. The first kappa shape index (κ1) is 64.6. The average molecular weight is 942 g/mol. The van der Waals surface area contributed by atoms with Gasteiger partial charge in [-0.15, -0.1) is 0 Å². The highest BCUT2D eigenvalue weighted by Crippen LogP contribution is 2.17. The predicted octanol–water partition coefficient (Wildman–Crippen LogP) is 19.7. The van der Waals surface area contributed by atoms with Crippen LogP contribution in [0.25, 0.3) is 0 Å². The zero-order valence-corrected chi connectivity index (χ0v) is 44.9. The summed E-state index contributed by atoms with van der Waals surface area (Å²) in [6.07, 6.45) is 67.0. The van der Waals surface area contributed by atoms with Gasteiger partial charge in [0, 0.05) is 19.3 Å². The van der Waals surface area contributed by atoms with Crippen LogP contribution in [0.1, 0.15) is 316 Å². The summed E-state index contributed by atoms with van der Waals surface area (Å²) >= 11 is 0. The zero-order chi connectivity index (χ0) is 48.6. The summed E-state index contributed by atoms with van der Waals surface area (Å²) in [5.41, 5.74) is 0. The normalized spacial score (nSPS) is 12.2. The molecule has 0 aromatic rings. The maximum absolute atomic E-state index is 12.9. The molecule has 67 heavy (non-hydrogen) atoms. The minimum Gasteiger partial charge on any atom is -0.462 e. The van der Waals surface area contributed by atoms with Crippen LogP contribution in [0, 0.1) is 0 Å². The van der Waals surface area contributed by atoms with Crippen molar-refractivity contribution in [3.05, 3.63) is 36.5 Å².